The maximum atomic E-state index is 4.93. The van der Waals surface area contributed by atoms with E-state index in [0.717, 1.165) is 34.8 Å². The van der Waals surface area contributed by atoms with Crippen molar-refractivity contribution in [3.8, 4) is 0 Å². The summed E-state index contributed by atoms with van der Waals surface area (Å²) in [5, 5.41) is 1.83. The first kappa shape index (κ1) is 28.1. The number of hydrogen-bond acceptors (Lipinski definition) is 0. The zero-order chi connectivity index (χ0) is 20.3. The van der Waals surface area contributed by atoms with Gasteiger partial charge in [0, 0.05) is 0 Å². The van der Waals surface area contributed by atoms with Crippen LogP contribution in [-0.4, -0.2) is 8.07 Å². The molecule has 0 saturated heterocycles. The van der Waals surface area contributed by atoms with E-state index >= 15 is 0 Å². The minimum absolute atomic E-state index is 0. The van der Waals surface area contributed by atoms with Gasteiger partial charge in [-0.25, -0.2) is 0 Å². The van der Waals surface area contributed by atoms with E-state index in [1.807, 2.05) is 5.19 Å². The van der Waals surface area contributed by atoms with Crippen LogP contribution >= 0.6 is 17.0 Å². The van der Waals surface area contributed by atoms with Crippen LogP contribution < -0.4 is 5.19 Å². The van der Waals surface area contributed by atoms with E-state index in [1.54, 1.807) is 51.4 Å². The molecule has 4 aliphatic carbocycles. The molecule has 0 aromatic heterocycles. The fraction of sp³-hybridized carbons (Fsp3) is 0.704. The Morgan fingerprint density at radius 2 is 1.10 bits per heavy atom. The number of fused-ring (bicyclic) bond motifs is 2. The van der Waals surface area contributed by atoms with Gasteiger partial charge in [0.2, 0.25) is 0 Å². The van der Waals surface area contributed by atoms with E-state index in [4.69, 9.17) is 17.0 Å². The molecule has 0 amide bonds. The average Bonchev–Trinajstić information content (AvgIpc) is 3.39. The predicted octanol–water partition coefficient (Wildman–Crippen LogP) is 9.19. The molecular weight excluding hydrogens is 515 g/mol. The fourth-order valence-electron chi connectivity index (χ4n) is 8.45. The van der Waals surface area contributed by atoms with Crippen molar-refractivity contribution >= 4 is 30.3 Å². The monoisotopic (exact) mass is 556 g/mol. The van der Waals surface area contributed by atoms with Crippen LogP contribution in [0, 0.1) is 38.5 Å². The van der Waals surface area contributed by atoms with Gasteiger partial charge in [0.1, 0.15) is 0 Å². The summed E-state index contributed by atoms with van der Waals surface area (Å²) < 4.78 is 0. The Morgan fingerprint density at radius 1 is 0.677 bits per heavy atom. The van der Waals surface area contributed by atoms with Gasteiger partial charge in [0.15, 0.2) is 0 Å². The van der Waals surface area contributed by atoms with Crippen molar-refractivity contribution in [1.29, 1.82) is 0 Å². The summed E-state index contributed by atoms with van der Waals surface area (Å²) in [6.07, 6.45) is 18.6. The normalized spacial score (nSPS) is 35.6. The summed E-state index contributed by atoms with van der Waals surface area (Å²) in [4.78, 5) is 0. The van der Waals surface area contributed by atoms with Crippen molar-refractivity contribution < 1.29 is 20.8 Å². The molecule has 4 saturated carbocycles. The van der Waals surface area contributed by atoms with Crippen LogP contribution in [0.25, 0.3) is 0 Å². The fourth-order valence-corrected chi connectivity index (χ4v) is 15.0. The van der Waals surface area contributed by atoms with Crippen LogP contribution in [0.3, 0.4) is 0 Å². The molecule has 0 bridgehead atoms. The maximum absolute atomic E-state index is 4.93. The van der Waals surface area contributed by atoms with Crippen molar-refractivity contribution in [2.75, 3.05) is 0 Å². The Balaban J connectivity index is 0.000000648. The van der Waals surface area contributed by atoms with Gasteiger partial charge in [0.25, 0.3) is 0 Å². The van der Waals surface area contributed by atoms with Gasteiger partial charge in [-0.3, -0.25) is 0 Å². The second kappa shape index (κ2) is 13.1. The Labute approximate surface area is 213 Å². The summed E-state index contributed by atoms with van der Waals surface area (Å²) >= 11 is -0.826. The Bertz CT molecular complexity index is 607. The minimum atomic E-state index is -1.48. The quantitative estimate of drug-likeness (QED) is 0.256. The molecule has 0 nitrogen and oxygen atoms in total. The summed E-state index contributed by atoms with van der Waals surface area (Å²) in [7, 11) is 8.39. The Hall–Kier alpha value is 0.900. The van der Waals surface area contributed by atoms with Crippen molar-refractivity contribution in [2.45, 2.75) is 94.7 Å². The number of rotatable bonds is 3. The standard InChI is InChI=1S/C25H38Si.2CH3.2ClH.Zr/c1-26(21-11-3-2-4-12-21,24-17-15-19-9-5-7-13-22(19)24)25-18-16-20-10-6-8-14-23(20)25;;;;;/h2-4,11-12,19-20,22-25H,5-10,13-18H2,1H3;2*1H3;2*1H;/q;2*-1;;;+4/p-2/t19?,20?,22?,23?,24-,25?,26?;;;;;/m0...../s1. The van der Waals surface area contributed by atoms with Gasteiger partial charge < -0.3 is 14.9 Å². The zero-order valence-electron chi connectivity index (χ0n) is 20.1. The molecule has 4 heteroatoms. The van der Waals surface area contributed by atoms with E-state index < -0.39 is 28.9 Å². The number of benzene rings is 1. The first-order valence-corrected chi connectivity index (χ1v) is 21.2. The zero-order valence-corrected chi connectivity index (χ0v) is 25.1. The molecule has 7 atom stereocenters. The summed E-state index contributed by atoms with van der Waals surface area (Å²) in [5.41, 5.74) is 2.17. The van der Waals surface area contributed by atoms with Crippen LogP contribution in [0.2, 0.25) is 17.6 Å². The third-order valence-electron chi connectivity index (χ3n) is 9.60. The molecule has 6 unspecified atom stereocenters. The van der Waals surface area contributed by atoms with E-state index in [-0.39, 0.29) is 14.9 Å². The number of halogens is 2. The average molecular weight is 559 g/mol. The van der Waals surface area contributed by atoms with Gasteiger partial charge >= 0.3 is 37.9 Å². The number of hydrogen-bond donors (Lipinski definition) is 0. The van der Waals surface area contributed by atoms with Gasteiger partial charge in [-0.05, 0) is 34.8 Å². The third kappa shape index (κ3) is 5.77. The second-order valence-corrected chi connectivity index (χ2v) is 18.9. The summed E-state index contributed by atoms with van der Waals surface area (Å²) in [6, 6.07) is 12.0. The van der Waals surface area contributed by atoms with E-state index in [0.29, 0.717) is 0 Å². The molecule has 31 heavy (non-hydrogen) atoms. The topological polar surface area (TPSA) is 0 Å². The first-order chi connectivity index (χ1) is 14.2. The van der Waals surface area contributed by atoms with Crippen LogP contribution in [-0.2, 0) is 20.8 Å². The molecule has 4 fully saturated rings. The summed E-state index contributed by atoms with van der Waals surface area (Å²) in [6.45, 7) is 2.87. The van der Waals surface area contributed by atoms with Crippen LogP contribution in [0.15, 0.2) is 30.3 Å². The summed E-state index contributed by atoms with van der Waals surface area (Å²) in [5.74, 6) is 4.35. The SMILES string of the molecule is C[Si](c1ccccc1)(C1CCC2CCCCC21)[C@H]1CCC2CCCCC21.[CH3-].[CH3-].[Cl][Zr+2][Cl]. The molecule has 4 aliphatic rings. The first-order valence-electron chi connectivity index (χ1n) is 12.2. The molecule has 174 valence electrons. The van der Waals surface area contributed by atoms with Gasteiger partial charge in [-0.15, -0.1) is 0 Å². The van der Waals surface area contributed by atoms with Crippen molar-refractivity contribution in [3.05, 3.63) is 45.2 Å². The molecule has 1 aromatic carbocycles. The molecule has 0 spiro atoms. The van der Waals surface area contributed by atoms with E-state index in [1.165, 1.54) is 25.7 Å². The molecule has 1 aromatic rings. The predicted molar refractivity (Wildman–Crippen MR) is 139 cm³/mol. The second-order valence-electron chi connectivity index (χ2n) is 10.5. The van der Waals surface area contributed by atoms with Crippen molar-refractivity contribution in [2.24, 2.45) is 23.7 Å². The van der Waals surface area contributed by atoms with Crippen molar-refractivity contribution in [1.82, 2.24) is 0 Å². The molecule has 0 N–H and O–H groups in total. The van der Waals surface area contributed by atoms with Crippen molar-refractivity contribution in [3.63, 3.8) is 0 Å². The van der Waals surface area contributed by atoms with Gasteiger partial charge in [0.05, 0.1) is 8.07 Å². The van der Waals surface area contributed by atoms with E-state index in [9.17, 15) is 0 Å². The van der Waals surface area contributed by atoms with Gasteiger partial charge in [-0.2, -0.15) is 0 Å². The third-order valence-corrected chi connectivity index (χ3v) is 15.7. The molecule has 0 radical (unpaired) electrons. The van der Waals surface area contributed by atoms with Gasteiger partial charge in [-0.1, -0.05) is 119 Å². The Morgan fingerprint density at radius 3 is 1.55 bits per heavy atom. The molecular formula is C27H44Cl2SiZr. The van der Waals surface area contributed by atoms with Crippen LogP contribution in [0.1, 0.15) is 77.0 Å². The molecule has 5 rings (SSSR count). The van der Waals surface area contributed by atoms with Crippen LogP contribution in [0.5, 0.6) is 0 Å². The van der Waals surface area contributed by atoms with E-state index in [2.05, 4.69) is 36.9 Å². The molecule has 0 heterocycles. The van der Waals surface area contributed by atoms with Crippen LogP contribution in [0.4, 0.5) is 0 Å². The Kier molecular flexibility index (Phi) is 11.9. The molecule has 0 aliphatic heterocycles.